The lowest BCUT2D eigenvalue weighted by molar-refractivity contribution is 0.568. The Balaban J connectivity index is 2.00. The molecule has 0 saturated heterocycles. The molecule has 1 aromatic carbocycles. The van der Waals surface area contributed by atoms with Gasteiger partial charge in [-0.15, -0.1) is 0 Å². The van der Waals surface area contributed by atoms with Gasteiger partial charge in [0.25, 0.3) is 0 Å². The van der Waals surface area contributed by atoms with E-state index >= 15 is 0 Å². The van der Waals surface area contributed by atoms with Crippen LogP contribution >= 0.6 is 0 Å². The van der Waals surface area contributed by atoms with Crippen LogP contribution < -0.4 is 10.6 Å². The van der Waals surface area contributed by atoms with Gasteiger partial charge in [-0.3, -0.25) is 4.99 Å². The number of aromatic nitrogens is 1. The van der Waals surface area contributed by atoms with Crippen LogP contribution in [0.4, 0.5) is 0 Å². The molecule has 142 valence electrons. The van der Waals surface area contributed by atoms with Crippen LogP contribution in [-0.2, 0) is 16.4 Å². The van der Waals surface area contributed by atoms with Gasteiger partial charge in [-0.2, -0.15) is 0 Å². The quantitative estimate of drug-likeness (QED) is 0.520. The highest BCUT2D eigenvalue weighted by Gasteiger charge is 2.20. The highest BCUT2D eigenvalue weighted by molar-refractivity contribution is 7.91. The third kappa shape index (κ3) is 6.22. The summed E-state index contributed by atoms with van der Waals surface area (Å²) >= 11 is 0. The van der Waals surface area contributed by atoms with Crippen molar-refractivity contribution < 1.29 is 8.42 Å². The van der Waals surface area contributed by atoms with Crippen LogP contribution in [-0.4, -0.2) is 43.8 Å². The predicted molar refractivity (Wildman–Crippen MR) is 106 cm³/mol. The summed E-state index contributed by atoms with van der Waals surface area (Å²) in [5.41, 5.74) is 0. The number of guanidine groups is 1. The van der Waals surface area contributed by atoms with E-state index in [1.807, 2.05) is 44.4 Å². The highest BCUT2D eigenvalue weighted by Crippen LogP contribution is 2.12. The maximum Gasteiger partial charge on any atom is 0.191 e. The molecular formula is C19H28N4O2S. The van der Waals surface area contributed by atoms with Gasteiger partial charge in [0.15, 0.2) is 15.8 Å². The number of nitrogens with one attached hydrogen (secondary N) is 2. The summed E-state index contributed by atoms with van der Waals surface area (Å²) in [6, 6.07) is 12.3. The molecule has 0 radical (unpaired) electrons. The van der Waals surface area contributed by atoms with Crippen molar-refractivity contribution in [2.75, 3.05) is 18.8 Å². The van der Waals surface area contributed by atoms with Crippen molar-refractivity contribution in [1.82, 2.24) is 15.2 Å². The zero-order valence-corrected chi connectivity index (χ0v) is 16.2. The van der Waals surface area contributed by atoms with E-state index in [0.29, 0.717) is 23.8 Å². The fourth-order valence-corrected chi connectivity index (χ4v) is 4.17. The van der Waals surface area contributed by atoms with Crippen LogP contribution in [0.25, 0.3) is 0 Å². The molecule has 1 unspecified atom stereocenters. The summed E-state index contributed by atoms with van der Waals surface area (Å²) < 4.78 is 27.3. The van der Waals surface area contributed by atoms with Gasteiger partial charge in [-0.25, -0.2) is 8.42 Å². The molecule has 0 aliphatic rings. The Morgan fingerprint density at radius 2 is 1.81 bits per heavy atom. The lowest BCUT2D eigenvalue weighted by Gasteiger charge is -2.20. The Morgan fingerprint density at radius 1 is 1.12 bits per heavy atom. The molecule has 6 nitrogen and oxygen atoms in total. The Morgan fingerprint density at radius 3 is 2.42 bits per heavy atom. The average Bonchev–Trinajstić information content (AvgIpc) is 3.15. The second kappa shape index (κ2) is 10.0. The van der Waals surface area contributed by atoms with Crippen molar-refractivity contribution >= 4 is 15.8 Å². The summed E-state index contributed by atoms with van der Waals surface area (Å²) in [5, 5.41) is 6.45. The van der Waals surface area contributed by atoms with Crippen LogP contribution in [0.2, 0.25) is 0 Å². The topological polar surface area (TPSA) is 75.5 Å². The largest absolute Gasteiger partial charge is 0.357 e. The second-order valence-corrected chi connectivity index (χ2v) is 8.06. The number of hydrogen-bond acceptors (Lipinski definition) is 3. The number of hydrogen-bond donors (Lipinski definition) is 2. The Labute approximate surface area is 156 Å². The maximum atomic E-state index is 12.6. The first-order valence-electron chi connectivity index (χ1n) is 8.98. The molecular weight excluding hydrogens is 348 g/mol. The van der Waals surface area contributed by atoms with Crippen LogP contribution in [0.15, 0.2) is 64.7 Å². The normalized spacial score (nSPS) is 13.4. The molecule has 1 aromatic heterocycles. The van der Waals surface area contributed by atoms with Crippen molar-refractivity contribution in [1.29, 1.82) is 0 Å². The molecule has 0 bridgehead atoms. The SMILES string of the molecule is CCNC(=NCCn1cccc1)NC(CC)CS(=O)(=O)c1ccccc1. The first kappa shape index (κ1) is 20.0. The van der Waals surface area contributed by atoms with Gasteiger partial charge in [0.1, 0.15) is 0 Å². The molecule has 7 heteroatoms. The molecule has 0 saturated carbocycles. The zero-order chi connectivity index (χ0) is 18.8. The molecule has 1 heterocycles. The van der Waals surface area contributed by atoms with Gasteiger partial charge in [0.05, 0.1) is 17.2 Å². The van der Waals surface area contributed by atoms with E-state index in [-0.39, 0.29) is 11.8 Å². The van der Waals surface area contributed by atoms with Gasteiger partial charge in [-0.1, -0.05) is 25.1 Å². The molecule has 1 atom stereocenters. The molecule has 26 heavy (non-hydrogen) atoms. The van der Waals surface area contributed by atoms with E-state index in [0.717, 1.165) is 13.1 Å². The smallest absolute Gasteiger partial charge is 0.191 e. The van der Waals surface area contributed by atoms with E-state index in [9.17, 15) is 8.42 Å². The molecule has 0 spiro atoms. The van der Waals surface area contributed by atoms with E-state index in [2.05, 4.69) is 20.2 Å². The van der Waals surface area contributed by atoms with E-state index < -0.39 is 9.84 Å². The Hall–Kier alpha value is -2.28. The van der Waals surface area contributed by atoms with Crippen molar-refractivity contribution in [3.63, 3.8) is 0 Å². The first-order valence-corrected chi connectivity index (χ1v) is 10.6. The van der Waals surface area contributed by atoms with Crippen molar-refractivity contribution in [3.8, 4) is 0 Å². The number of rotatable bonds is 9. The number of benzene rings is 1. The molecule has 2 N–H and O–H groups in total. The monoisotopic (exact) mass is 376 g/mol. The molecule has 0 aliphatic heterocycles. The Bertz CT molecular complexity index is 771. The summed E-state index contributed by atoms with van der Waals surface area (Å²) in [6.07, 6.45) is 4.68. The predicted octanol–water partition coefficient (Wildman–Crippen LogP) is 2.30. The van der Waals surface area contributed by atoms with Crippen LogP contribution in [0, 0.1) is 0 Å². The van der Waals surface area contributed by atoms with Gasteiger partial charge < -0.3 is 15.2 Å². The highest BCUT2D eigenvalue weighted by atomic mass is 32.2. The number of sulfone groups is 1. The minimum absolute atomic E-state index is 0.0372. The molecule has 0 fully saturated rings. The minimum Gasteiger partial charge on any atom is -0.357 e. The summed E-state index contributed by atoms with van der Waals surface area (Å²) in [6.45, 7) is 6.08. The third-order valence-corrected chi connectivity index (χ3v) is 5.83. The van der Waals surface area contributed by atoms with E-state index in [1.54, 1.807) is 24.3 Å². The van der Waals surface area contributed by atoms with Crippen molar-refractivity contribution in [2.24, 2.45) is 4.99 Å². The second-order valence-electron chi connectivity index (χ2n) is 6.03. The average molecular weight is 377 g/mol. The summed E-state index contributed by atoms with van der Waals surface area (Å²) in [7, 11) is -3.34. The molecule has 0 aliphatic carbocycles. The van der Waals surface area contributed by atoms with E-state index in [1.165, 1.54) is 0 Å². The lowest BCUT2D eigenvalue weighted by Crippen LogP contribution is -2.46. The third-order valence-electron chi connectivity index (χ3n) is 4.00. The lowest BCUT2D eigenvalue weighted by atomic mass is 10.3. The van der Waals surface area contributed by atoms with E-state index in [4.69, 9.17) is 0 Å². The van der Waals surface area contributed by atoms with Gasteiger partial charge in [-0.05, 0) is 37.6 Å². The van der Waals surface area contributed by atoms with Crippen LogP contribution in [0.3, 0.4) is 0 Å². The van der Waals surface area contributed by atoms with Gasteiger partial charge in [0, 0.05) is 31.5 Å². The fourth-order valence-electron chi connectivity index (χ4n) is 2.56. The first-order chi connectivity index (χ1) is 12.5. The number of aliphatic imine (C=N–C) groups is 1. The number of nitrogens with zero attached hydrogens (tertiary/aromatic N) is 2. The van der Waals surface area contributed by atoms with Crippen molar-refractivity contribution in [2.45, 2.75) is 37.8 Å². The molecule has 2 aromatic rings. The Kier molecular flexibility index (Phi) is 7.72. The fraction of sp³-hybridized carbons (Fsp3) is 0.421. The van der Waals surface area contributed by atoms with Gasteiger partial charge >= 0.3 is 0 Å². The molecule has 2 rings (SSSR count). The minimum atomic E-state index is -3.34. The standard InChI is InChI=1S/C19H28N4O2S/c1-3-17(16-26(24,25)18-10-6-5-7-11-18)22-19(20-4-2)21-12-15-23-13-8-9-14-23/h5-11,13-14,17H,3-4,12,15-16H2,1-2H3,(H2,20,21,22). The zero-order valence-electron chi connectivity index (χ0n) is 15.4. The summed E-state index contributed by atoms with van der Waals surface area (Å²) in [5.74, 6) is 0.685. The van der Waals surface area contributed by atoms with Crippen LogP contribution in [0.1, 0.15) is 20.3 Å². The van der Waals surface area contributed by atoms with Gasteiger partial charge in [0.2, 0.25) is 0 Å². The molecule has 0 amide bonds. The van der Waals surface area contributed by atoms with Crippen LogP contribution in [0.5, 0.6) is 0 Å². The summed E-state index contributed by atoms with van der Waals surface area (Å²) in [4.78, 5) is 4.91. The maximum absolute atomic E-state index is 12.6. The van der Waals surface area contributed by atoms with Crippen molar-refractivity contribution in [3.05, 3.63) is 54.9 Å².